The molecule has 0 aliphatic rings. The molecule has 114 valence electrons. The third kappa shape index (κ3) is 4.34. The number of hydrogen-bond donors (Lipinski definition) is 1. The van der Waals surface area contributed by atoms with Crippen molar-refractivity contribution in [2.75, 3.05) is 32.5 Å². The summed E-state index contributed by atoms with van der Waals surface area (Å²) in [6.45, 7) is 4.95. The van der Waals surface area contributed by atoms with Gasteiger partial charge >= 0.3 is 0 Å². The second-order valence-corrected chi connectivity index (χ2v) is 7.25. The zero-order valence-corrected chi connectivity index (χ0v) is 13.5. The highest BCUT2D eigenvalue weighted by atomic mass is 35.5. The van der Waals surface area contributed by atoms with E-state index in [4.69, 9.17) is 22.1 Å². The third-order valence-corrected chi connectivity index (χ3v) is 5.04. The van der Waals surface area contributed by atoms with Crippen molar-refractivity contribution in [3.05, 3.63) is 23.2 Å². The van der Waals surface area contributed by atoms with Crippen LogP contribution in [0.2, 0.25) is 5.02 Å². The summed E-state index contributed by atoms with van der Waals surface area (Å²) in [6, 6.07) is 4.41. The molecule has 0 unspecified atom stereocenters. The quantitative estimate of drug-likeness (QED) is 0.782. The molecule has 0 heterocycles. The van der Waals surface area contributed by atoms with Gasteiger partial charge in [-0.1, -0.05) is 25.4 Å². The Bertz CT molecular complexity index is 547. The predicted octanol–water partition coefficient (Wildman–Crippen LogP) is 2.22. The van der Waals surface area contributed by atoms with Crippen molar-refractivity contribution in [2.45, 2.75) is 18.7 Å². The van der Waals surface area contributed by atoms with Gasteiger partial charge in [-0.2, -0.15) is 4.31 Å². The summed E-state index contributed by atoms with van der Waals surface area (Å²) in [4.78, 5) is 0.0742. The van der Waals surface area contributed by atoms with E-state index >= 15 is 0 Å². The lowest BCUT2D eigenvalue weighted by Crippen LogP contribution is -2.36. The lowest BCUT2D eigenvalue weighted by atomic mass is 10.2. The maximum Gasteiger partial charge on any atom is 0.244 e. The van der Waals surface area contributed by atoms with E-state index in [0.29, 0.717) is 18.8 Å². The number of benzene rings is 1. The fourth-order valence-corrected chi connectivity index (χ4v) is 3.89. The molecule has 7 heteroatoms. The third-order valence-electron chi connectivity index (χ3n) is 2.69. The molecule has 5 nitrogen and oxygen atoms in total. The van der Waals surface area contributed by atoms with Crippen LogP contribution >= 0.6 is 11.6 Å². The van der Waals surface area contributed by atoms with Gasteiger partial charge in [-0.15, -0.1) is 0 Å². The van der Waals surface area contributed by atoms with Gasteiger partial charge in [-0.3, -0.25) is 0 Å². The summed E-state index contributed by atoms with van der Waals surface area (Å²) in [5, 5.41) is 0.135. The van der Waals surface area contributed by atoms with E-state index in [0.717, 1.165) is 0 Å². The zero-order chi connectivity index (χ0) is 15.3. The van der Waals surface area contributed by atoms with Gasteiger partial charge in [-0.25, -0.2) is 8.42 Å². The van der Waals surface area contributed by atoms with Gasteiger partial charge in [0.2, 0.25) is 10.0 Å². The number of sulfonamides is 1. The van der Waals surface area contributed by atoms with Crippen LogP contribution in [-0.2, 0) is 14.8 Å². The highest BCUT2D eigenvalue weighted by Gasteiger charge is 2.27. The van der Waals surface area contributed by atoms with Crippen molar-refractivity contribution in [1.29, 1.82) is 0 Å². The van der Waals surface area contributed by atoms with Crippen molar-refractivity contribution >= 4 is 27.3 Å². The molecule has 0 spiro atoms. The minimum Gasteiger partial charge on any atom is -0.399 e. The molecule has 0 aromatic heterocycles. The van der Waals surface area contributed by atoms with Crippen molar-refractivity contribution in [3.8, 4) is 0 Å². The number of nitrogens with two attached hydrogens (primary N) is 1. The Hall–Kier alpha value is -0.820. The minimum absolute atomic E-state index is 0.0742. The number of methoxy groups -OCH3 is 1. The molecule has 1 aromatic carbocycles. The van der Waals surface area contributed by atoms with E-state index < -0.39 is 10.0 Å². The molecule has 0 bridgehead atoms. The number of hydrogen-bond acceptors (Lipinski definition) is 4. The number of nitrogens with zero attached hydrogens (tertiary/aromatic N) is 1. The molecular weight excluding hydrogens is 300 g/mol. The topological polar surface area (TPSA) is 72.6 Å². The van der Waals surface area contributed by atoms with Gasteiger partial charge in [-0.05, 0) is 24.1 Å². The van der Waals surface area contributed by atoms with Gasteiger partial charge < -0.3 is 10.5 Å². The first-order valence-corrected chi connectivity index (χ1v) is 8.15. The number of anilines is 1. The molecule has 0 saturated heterocycles. The molecule has 20 heavy (non-hydrogen) atoms. The second-order valence-electron chi connectivity index (χ2n) is 4.94. The maximum atomic E-state index is 12.7. The Morgan fingerprint density at radius 2 is 2.05 bits per heavy atom. The monoisotopic (exact) mass is 320 g/mol. The molecular formula is C13H21ClN2O3S. The minimum atomic E-state index is -3.65. The highest BCUT2D eigenvalue weighted by Crippen LogP contribution is 2.27. The van der Waals surface area contributed by atoms with Gasteiger partial charge in [0.05, 0.1) is 11.6 Å². The molecule has 1 aromatic rings. The van der Waals surface area contributed by atoms with Crippen molar-refractivity contribution in [2.24, 2.45) is 5.92 Å². The van der Waals surface area contributed by atoms with Crippen LogP contribution in [0.5, 0.6) is 0 Å². The van der Waals surface area contributed by atoms with E-state index in [9.17, 15) is 8.42 Å². The summed E-state index contributed by atoms with van der Waals surface area (Å²) < 4.78 is 31.7. The number of rotatable bonds is 7. The number of ether oxygens (including phenoxy) is 1. The Morgan fingerprint density at radius 3 is 2.55 bits per heavy atom. The first-order valence-electron chi connectivity index (χ1n) is 6.33. The number of nitrogen functional groups attached to an aromatic ring is 1. The van der Waals surface area contributed by atoms with Crippen LogP contribution in [0.25, 0.3) is 0 Å². The molecule has 1 rings (SSSR count). The molecule has 0 aliphatic carbocycles. The lowest BCUT2D eigenvalue weighted by molar-refractivity contribution is 0.175. The van der Waals surface area contributed by atoms with Crippen LogP contribution < -0.4 is 5.73 Å². The Balaban J connectivity index is 3.14. The fraction of sp³-hybridized carbons (Fsp3) is 0.538. The second kappa shape index (κ2) is 7.26. The predicted molar refractivity (Wildman–Crippen MR) is 81.3 cm³/mol. The van der Waals surface area contributed by atoms with Crippen molar-refractivity contribution < 1.29 is 13.2 Å². The van der Waals surface area contributed by atoms with Gasteiger partial charge in [0.1, 0.15) is 4.90 Å². The first-order chi connectivity index (χ1) is 9.28. The largest absolute Gasteiger partial charge is 0.399 e. The molecule has 0 radical (unpaired) electrons. The van der Waals surface area contributed by atoms with E-state index in [-0.39, 0.29) is 22.4 Å². The molecule has 0 saturated carbocycles. The molecule has 0 fully saturated rings. The number of halogens is 1. The van der Waals surface area contributed by atoms with Crippen molar-refractivity contribution in [1.82, 2.24) is 4.31 Å². The summed E-state index contributed by atoms with van der Waals surface area (Å²) in [7, 11) is -2.11. The van der Waals surface area contributed by atoms with E-state index in [1.807, 2.05) is 13.8 Å². The smallest absolute Gasteiger partial charge is 0.244 e. The Morgan fingerprint density at radius 1 is 1.40 bits per heavy atom. The lowest BCUT2D eigenvalue weighted by Gasteiger charge is -2.24. The van der Waals surface area contributed by atoms with Crippen LogP contribution in [0, 0.1) is 5.92 Å². The maximum absolute atomic E-state index is 12.7. The summed E-state index contributed by atoms with van der Waals surface area (Å²) in [5.74, 6) is 0.203. The molecule has 0 atom stereocenters. The van der Waals surface area contributed by atoms with Crippen molar-refractivity contribution in [3.63, 3.8) is 0 Å². The zero-order valence-electron chi connectivity index (χ0n) is 12.0. The van der Waals surface area contributed by atoms with E-state index in [2.05, 4.69) is 0 Å². The molecule has 0 aliphatic heterocycles. The average molecular weight is 321 g/mol. The van der Waals surface area contributed by atoms with Crippen LogP contribution in [0.3, 0.4) is 0 Å². The summed E-state index contributed by atoms with van der Waals surface area (Å²) >= 11 is 6.01. The Kier molecular flexibility index (Phi) is 6.26. The molecule has 2 N–H and O–H groups in total. The van der Waals surface area contributed by atoms with Crippen LogP contribution in [0.1, 0.15) is 13.8 Å². The molecule has 0 amide bonds. The van der Waals surface area contributed by atoms with Gasteiger partial charge in [0.15, 0.2) is 0 Å². The first kappa shape index (κ1) is 17.2. The normalized spacial score (nSPS) is 12.3. The van der Waals surface area contributed by atoms with Gasteiger partial charge in [0.25, 0.3) is 0 Å². The average Bonchev–Trinajstić information content (AvgIpc) is 2.33. The standard InChI is InChI=1S/C13H21ClN2O3S/c1-10(2)9-16(6-7-19-3)20(17,18)13-5-4-11(15)8-12(13)14/h4-5,8,10H,6-7,9,15H2,1-3H3. The summed E-state index contributed by atoms with van der Waals surface area (Å²) in [6.07, 6.45) is 0. The van der Waals surface area contributed by atoms with E-state index in [1.165, 1.54) is 29.6 Å². The van der Waals surface area contributed by atoms with Gasteiger partial charge in [0, 0.05) is 25.9 Å². The van der Waals surface area contributed by atoms with Crippen LogP contribution in [0.15, 0.2) is 23.1 Å². The fourth-order valence-electron chi connectivity index (χ4n) is 1.78. The Labute approximate surface area is 125 Å². The highest BCUT2D eigenvalue weighted by molar-refractivity contribution is 7.89. The SMILES string of the molecule is COCCN(CC(C)C)S(=O)(=O)c1ccc(N)cc1Cl. The van der Waals surface area contributed by atoms with Crippen LogP contribution in [-0.4, -0.2) is 39.5 Å². The van der Waals surface area contributed by atoms with E-state index in [1.54, 1.807) is 0 Å². The summed E-state index contributed by atoms with van der Waals surface area (Å²) in [5.41, 5.74) is 6.03. The van der Waals surface area contributed by atoms with Crippen LogP contribution in [0.4, 0.5) is 5.69 Å².